The molecule has 2 atom stereocenters. The zero-order chi connectivity index (χ0) is 13.4. The van der Waals surface area contributed by atoms with E-state index in [4.69, 9.17) is 0 Å². The number of fused-ring (bicyclic) bond motifs is 1. The SMILES string of the molecule is c1cc(NC2CCN3CCCC23)cc(-n2ccnc2)c1. The summed E-state index contributed by atoms with van der Waals surface area (Å²) in [7, 11) is 0. The topological polar surface area (TPSA) is 33.1 Å². The van der Waals surface area contributed by atoms with Crippen LogP contribution in [0.25, 0.3) is 5.69 Å². The molecule has 2 unspecified atom stereocenters. The van der Waals surface area contributed by atoms with Gasteiger partial charge in [0.2, 0.25) is 0 Å². The van der Waals surface area contributed by atoms with Gasteiger partial charge in [0, 0.05) is 42.4 Å². The molecule has 4 rings (SSSR count). The Kier molecular flexibility index (Phi) is 2.96. The van der Waals surface area contributed by atoms with E-state index in [0.717, 1.165) is 11.7 Å². The van der Waals surface area contributed by atoms with Crippen molar-refractivity contribution in [1.29, 1.82) is 0 Å². The number of benzene rings is 1. The second kappa shape index (κ2) is 4.94. The minimum atomic E-state index is 0.607. The molecule has 4 nitrogen and oxygen atoms in total. The quantitative estimate of drug-likeness (QED) is 0.928. The first kappa shape index (κ1) is 12.0. The van der Waals surface area contributed by atoms with Crippen molar-refractivity contribution in [2.75, 3.05) is 18.4 Å². The highest BCUT2D eigenvalue weighted by atomic mass is 15.2. The average molecular weight is 268 g/mol. The zero-order valence-electron chi connectivity index (χ0n) is 11.6. The van der Waals surface area contributed by atoms with Crippen molar-refractivity contribution in [1.82, 2.24) is 14.5 Å². The van der Waals surface area contributed by atoms with E-state index in [9.17, 15) is 0 Å². The maximum absolute atomic E-state index is 4.11. The molecule has 2 aromatic rings. The molecule has 0 bridgehead atoms. The van der Waals surface area contributed by atoms with Crippen LogP contribution in [0, 0.1) is 0 Å². The second-order valence-electron chi connectivity index (χ2n) is 5.81. The van der Waals surface area contributed by atoms with Gasteiger partial charge in [-0.25, -0.2) is 4.98 Å². The Balaban J connectivity index is 1.53. The molecular formula is C16H20N4. The first-order chi connectivity index (χ1) is 9.90. The predicted molar refractivity (Wildman–Crippen MR) is 80.2 cm³/mol. The fourth-order valence-electron chi connectivity index (χ4n) is 3.63. The number of imidazole rings is 1. The van der Waals surface area contributed by atoms with Gasteiger partial charge < -0.3 is 9.88 Å². The number of aromatic nitrogens is 2. The third-order valence-corrected chi connectivity index (χ3v) is 4.61. The van der Waals surface area contributed by atoms with Gasteiger partial charge in [-0.05, 0) is 44.0 Å². The summed E-state index contributed by atoms with van der Waals surface area (Å²) in [6.07, 6.45) is 9.60. The fourth-order valence-corrected chi connectivity index (χ4v) is 3.63. The van der Waals surface area contributed by atoms with E-state index < -0.39 is 0 Å². The molecule has 0 saturated carbocycles. The van der Waals surface area contributed by atoms with E-state index in [1.165, 1.54) is 38.0 Å². The summed E-state index contributed by atoms with van der Waals surface area (Å²) in [6, 6.07) is 9.95. The lowest BCUT2D eigenvalue weighted by Crippen LogP contribution is -2.33. The lowest BCUT2D eigenvalue weighted by molar-refractivity contribution is 0.318. The van der Waals surface area contributed by atoms with Gasteiger partial charge in [-0.15, -0.1) is 0 Å². The highest BCUT2D eigenvalue weighted by Crippen LogP contribution is 2.30. The molecular weight excluding hydrogens is 248 g/mol. The molecule has 4 heteroatoms. The average Bonchev–Trinajstić information content (AvgIpc) is 3.18. The van der Waals surface area contributed by atoms with Crippen molar-refractivity contribution in [3.05, 3.63) is 43.0 Å². The first-order valence-corrected chi connectivity index (χ1v) is 7.49. The van der Waals surface area contributed by atoms with Gasteiger partial charge in [0.05, 0.1) is 6.33 Å². The normalized spacial score (nSPS) is 25.8. The molecule has 2 aliphatic heterocycles. The van der Waals surface area contributed by atoms with E-state index >= 15 is 0 Å². The largest absolute Gasteiger partial charge is 0.381 e. The maximum atomic E-state index is 4.11. The van der Waals surface area contributed by atoms with Crippen LogP contribution in [0.1, 0.15) is 19.3 Å². The Morgan fingerprint density at radius 1 is 1.20 bits per heavy atom. The molecule has 3 heterocycles. The number of rotatable bonds is 3. The fraction of sp³-hybridized carbons (Fsp3) is 0.438. The van der Waals surface area contributed by atoms with Crippen molar-refractivity contribution in [3.63, 3.8) is 0 Å². The monoisotopic (exact) mass is 268 g/mol. The third kappa shape index (κ3) is 2.10. The Hall–Kier alpha value is -1.81. The zero-order valence-corrected chi connectivity index (χ0v) is 11.6. The van der Waals surface area contributed by atoms with Crippen molar-refractivity contribution in [2.24, 2.45) is 0 Å². The van der Waals surface area contributed by atoms with E-state index in [1.807, 2.05) is 23.3 Å². The van der Waals surface area contributed by atoms with Crippen LogP contribution in [0.2, 0.25) is 0 Å². The lowest BCUT2D eigenvalue weighted by Gasteiger charge is -2.22. The number of hydrogen-bond acceptors (Lipinski definition) is 3. The molecule has 2 saturated heterocycles. The summed E-state index contributed by atoms with van der Waals surface area (Å²) in [4.78, 5) is 6.75. The van der Waals surface area contributed by atoms with Gasteiger partial charge in [0.1, 0.15) is 0 Å². The van der Waals surface area contributed by atoms with Crippen LogP contribution in [0.3, 0.4) is 0 Å². The minimum absolute atomic E-state index is 0.607. The summed E-state index contributed by atoms with van der Waals surface area (Å²) in [5.41, 5.74) is 2.38. The Labute approximate surface area is 119 Å². The molecule has 0 aliphatic carbocycles. The van der Waals surface area contributed by atoms with Crippen LogP contribution in [0.4, 0.5) is 5.69 Å². The van der Waals surface area contributed by atoms with Gasteiger partial charge in [-0.2, -0.15) is 0 Å². The van der Waals surface area contributed by atoms with Crippen LogP contribution < -0.4 is 5.32 Å². The molecule has 0 radical (unpaired) electrons. The van der Waals surface area contributed by atoms with Gasteiger partial charge in [0.25, 0.3) is 0 Å². The minimum Gasteiger partial charge on any atom is -0.381 e. The molecule has 104 valence electrons. The smallest absolute Gasteiger partial charge is 0.0991 e. The number of hydrogen-bond donors (Lipinski definition) is 1. The van der Waals surface area contributed by atoms with Gasteiger partial charge >= 0.3 is 0 Å². The van der Waals surface area contributed by atoms with Gasteiger partial charge in [0.15, 0.2) is 0 Å². The Morgan fingerprint density at radius 2 is 2.20 bits per heavy atom. The Morgan fingerprint density at radius 3 is 3.10 bits per heavy atom. The maximum Gasteiger partial charge on any atom is 0.0991 e. The van der Waals surface area contributed by atoms with Crippen molar-refractivity contribution < 1.29 is 0 Å². The van der Waals surface area contributed by atoms with Crippen LogP contribution in [-0.2, 0) is 0 Å². The lowest BCUT2D eigenvalue weighted by atomic mass is 10.1. The summed E-state index contributed by atoms with van der Waals surface area (Å²) in [5, 5.41) is 3.74. The van der Waals surface area contributed by atoms with E-state index in [-0.39, 0.29) is 0 Å². The van der Waals surface area contributed by atoms with Crippen LogP contribution in [0.15, 0.2) is 43.0 Å². The van der Waals surface area contributed by atoms with Crippen LogP contribution >= 0.6 is 0 Å². The third-order valence-electron chi connectivity index (χ3n) is 4.61. The summed E-state index contributed by atoms with van der Waals surface area (Å²) >= 11 is 0. The summed E-state index contributed by atoms with van der Waals surface area (Å²) in [5.74, 6) is 0. The van der Waals surface area contributed by atoms with Crippen LogP contribution in [-0.4, -0.2) is 39.6 Å². The molecule has 1 N–H and O–H groups in total. The molecule has 0 spiro atoms. The second-order valence-corrected chi connectivity index (χ2v) is 5.81. The number of anilines is 1. The highest BCUT2D eigenvalue weighted by molar-refractivity contribution is 5.52. The highest BCUT2D eigenvalue weighted by Gasteiger charge is 2.36. The van der Waals surface area contributed by atoms with E-state index in [0.29, 0.717) is 6.04 Å². The van der Waals surface area contributed by atoms with Crippen molar-refractivity contribution in [3.8, 4) is 5.69 Å². The van der Waals surface area contributed by atoms with Crippen molar-refractivity contribution >= 4 is 5.69 Å². The number of nitrogens with zero attached hydrogens (tertiary/aromatic N) is 3. The molecule has 2 fully saturated rings. The first-order valence-electron chi connectivity index (χ1n) is 7.49. The van der Waals surface area contributed by atoms with Crippen molar-refractivity contribution in [2.45, 2.75) is 31.3 Å². The molecule has 0 amide bonds. The predicted octanol–water partition coefficient (Wildman–Crippen LogP) is 2.52. The Bertz CT molecular complexity index is 578. The molecule has 1 aromatic carbocycles. The van der Waals surface area contributed by atoms with Gasteiger partial charge in [-0.3, -0.25) is 4.90 Å². The summed E-state index contributed by atoms with van der Waals surface area (Å²) < 4.78 is 2.04. The van der Waals surface area contributed by atoms with E-state index in [2.05, 4.69) is 39.5 Å². The molecule has 1 aromatic heterocycles. The number of nitrogens with one attached hydrogen (secondary N) is 1. The standard InChI is InChI=1S/C16H20N4/c1-3-13(11-14(4-1)20-10-7-17-12-20)18-15-6-9-19-8-2-5-16(15)19/h1,3-4,7,10-12,15-16,18H,2,5-6,8-9H2. The van der Waals surface area contributed by atoms with Crippen LogP contribution in [0.5, 0.6) is 0 Å². The molecule has 2 aliphatic rings. The van der Waals surface area contributed by atoms with Gasteiger partial charge in [-0.1, -0.05) is 6.07 Å². The van der Waals surface area contributed by atoms with E-state index in [1.54, 1.807) is 0 Å². The summed E-state index contributed by atoms with van der Waals surface area (Å²) in [6.45, 7) is 2.54. The molecule has 20 heavy (non-hydrogen) atoms.